The molecule has 3 heterocycles. The van der Waals surface area contributed by atoms with Crippen LogP contribution in [-0.2, 0) is 29.1 Å². The standard InChI is InChI=1S/C17H19NO.C13H18O2.C9H13N/c1-17(2,3)15-8-4-6-13(10-15)11-16(19)14-7-5-9-18-12-14;1-8-11-9(14)6-5-7-10(11)15-12(8)13(2,3)4;1-9(2,3)8-4-6-10-7-5-8/h4-10,12H,11H2,1-3H3;5-7H2,1-4H3;4-7H,1-3H3. The molecule has 0 spiro atoms. The Balaban J connectivity index is 0.000000189. The number of Topliss-reactive ketones (excluding diaryl/α,β-unsaturated/α-hetero) is 2. The molecule has 1 aliphatic carbocycles. The van der Waals surface area contributed by atoms with Gasteiger partial charge in [0.05, 0.1) is 5.56 Å². The predicted molar refractivity (Wildman–Crippen MR) is 180 cm³/mol. The summed E-state index contributed by atoms with van der Waals surface area (Å²) < 4.78 is 5.85. The first-order valence-corrected chi connectivity index (χ1v) is 15.6. The van der Waals surface area contributed by atoms with Crippen LogP contribution >= 0.6 is 0 Å². The highest BCUT2D eigenvalue weighted by atomic mass is 16.3. The number of benzene rings is 1. The van der Waals surface area contributed by atoms with Crippen LogP contribution in [0.3, 0.4) is 0 Å². The summed E-state index contributed by atoms with van der Waals surface area (Å²) in [5.41, 5.74) is 6.59. The summed E-state index contributed by atoms with van der Waals surface area (Å²) in [7, 11) is 0. The van der Waals surface area contributed by atoms with E-state index in [4.69, 9.17) is 4.42 Å². The van der Waals surface area contributed by atoms with Crippen molar-refractivity contribution in [2.75, 3.05) is 0 Å². The van der Waals surface area contributed by atoms with Crippen LogP contribution in [0.4, 0.5) is 0 Å². The van der Waals surface area contributed by atoms with E-state index in [1.165, 1.54) is 11.1 Å². The van der Waals surface area contributed by atoms with E-state index in [1.54, 1.807) is 18.5 Å². The van der Waals surface area contributed by atoms with E-state index in [1.807, 2.05) is 37.5 Å². The van der Waals surface area contributed by atoms with E-state index in [2.05, 4.69) is 96.5 Å². The summed E-state index contributed by atoms with van der Waals surface area (Å²) in [6.45, 7) is 21.5. The molecule has 5 rings (SSSR count). The Bertz CT molecular complexity index is 1530. The van der Waals surface area contributed by atoms with Crippen LogP contribution in [0.1, 0.15) is 130 Å². The number of fused-ring (bicyclic) bond motifs is 1. The van der Waals surface area contributed by atoms with Gasteiger partial charge in [-0.3, -0.25) is 19.6 Å². The number of furan rings is 1. The molecule has 4 aromatic rings. The molecule has 0 unspecified atom stereocenters. The second kappa shape index (κ2) is 14.3. The zero-order valence-corrected chi connectivity index (χ0v) is 28.4. The summed E-state index contributed by atoms with van der Waals surface area (Å²) in [5, 5.41) is 0. The van der Waals surface area contributed by atoms with Gasteiger partial charge in [-0.2, -0.15) is 0 Å². The molecule has 5 heteroatoms. The van der Waals surface area contributed by atoms with Crippen LogP contribution in [0.15, 0.2) is 77.7 Å². The fourth-order valence-corrected chi connectivity index (χ4v) is 5.18. The lowest BCUT2D eigenvalue weighted by atomic mass is 9.85. The van der Waals surface area contributed by atoms with E-state index in [0.29, 0.717) is 18.4 Å². The highest BCUT2D eigenvalue weighted by molar-refractivity contribution is 5.99. The predicted octanol–water partition coefficient (Wildman–Crippen LogP) is 9.59. The van der Waals surface area contributed by atoms with E-state index >= 15 is 0 Å². The Hall–Kier alpha value is -3.86. The number of pyridine rings is 2. The molecule has 1 aromatic carbocycles. The third kappa shape index (κ3) is 9.57. The maximum absolute atomic E-state index is 12.1. The molecule has 0 aliphatic heterocycles. The quantitative estimate of drug-likeness (QED) is 0.221. The largest absolute Gasteiger partial charge is 0.464 e. The number of rotatable bonds is 3. The zero-order chi connectivity index (χ0) is 32.7. The summed E-state index contributed by atoms with van der Waals surface area (Å²) in [6.07, 6.45) is 9.92. The number of nitrogens with zero attached hydrogens (tertiary/aromatic N) is 2. The van der Waals surface area contributed by atoms with Crippen molar-refractivity contribution in [3.8, 4) is 0 Å². The molecule has 0 bridgehead atoms. The number of carbonyl (C=O) groups excluding carboxylic acids is 2. The monoisotopic (exact) mass is 594 g/mol. The number of carbonyl (C=O) groups is 2. The van der Waals surface area contributed by atoms with Gasteiger partial charge in [-0.15, -0.1) is 0 Å². The average molecular weight is 595 g/mol. The molecule has 0 fully saturated rings. The molecular formula is C39H50N2O3. The van der Waals surface area contributed by atoms with E-state index in [-0.39, 0.29) is 27.8 Å². The summed E-state index contributed by atoms with van der Waals surface area (Å²) in [6, 6.07) is 16.0. The minimum absolute atomic E-state index is 0.0122. The van der Waals surface area contributed by atoms with Crippen molar-refractivity contribution in [3.05, 3.63) is 118 Å². The first-order valence-electron chi connectivity index (χ1n) is 15.6. The molecule has 44 heavy (non-hydrogen) atoms. The molecular weight excluding hydrogens is 544 g/mol. The SMILES string of the molecule is CC(C)(C)c1cccc(CC(=O)c2cccnc2)c1.CC(C)(C)c1ccncc1.Cc1c(C(C)(C)C)oc2c1C(=O)CCC2. The van der Waals surface area contributed by atoms with Crippen molar-refractivity contribution >= 4 is 11.6 Å². The van der Waals surface area contributed by atoms with Crippen LogP contribution in [-0.4, -0.2) is 21.5 Å². The normalized spacial score (nSPS) is 13.2. The van der Waals surface area contributed by atoms with Gasteiger partial charge in [0, 0.05) is 60.6 Å². The topological polar surface area (TPSA) is 73.1 Å². The van der Waals surface area contributed by atoms with Gasteiger partial charge in [-0.25, -0.2) is 0 Å². The van der Waals surface area contributed by atoms with Crippen molar-refractivity contribution in [1.29, 1.82) is 0 Å². The van der Waals surface area contributed by atoms with E-state index in [9.17, 15) is 9.59 Å². The van der Waals surface area contributed by atoms with Crippen LogP contribution in [0, 0.1) is 6.92 Å². The van der Waals surface area contributed by atoms with Crippen LogP contribution in [0.2, 0.25) is 0 Å². The van der Waals surface area contributed by atoms with E-state index < -0.39 is 0 Å². The highest BCUT2D eigenvalue weighted by Gasteiger charge is 2.30. The third-order valence-corrected chi connectivity index (χ3v) is 7.67. The third-order valence-electron chi connectivity index (χ3n) is 7.67. The number of hydrogen-bond acceptors (Lipinski definition) is 5. The minimum atomic E-state index is -0.0122. The Morgan fingerprint density at radius 2 is 1.43 bits per heavy atom. The number of aryl methyl sites for hydroxylation is 1. The van der Waals surface area contributed by atoms with Gasteiger partial charge in [0.1, 0.15) is 11.5 Å². The smallest absolute Gasteiger partial charge is 0.168 e. The van der Waals surface area contributed by atoms with Gasteiger partial charge in [0.25, 0.3) is 0 Å². The molecule has 0 saturated heterocycles. The molecule has 5 nitrogen and oxygen atoms in total. The second-order valence-corrected chi connectivity index (χ2v) is 14.7. The number of aromatic nitrogens is 2. The van der Waals surface area contributed by atoms with Crippen LogP contribution in [0.25, 0.3) is 0 Å². The molecule has 0 N–H and O–H groups in total. The molecule has 1 aliphatic rings. The van der Waals surface area contributed by atoms with Gasteiger partial charge in [0.15, 0.2) is 11.6 Å². The maximum atomic E-state index is 12.1. The van der Waals surface area contributed by atoms with Gasteiger partial charge in [-0.1, -0.05) is 86.6 Å². The Kier molecular flexibility index (Phi) is 11.2. The van der Waals surface area contributed by atoms with Crippen molar-refractivity contribution in [2.24, 2.45) is 0 Å². The molecule has 0 atom stereocenters. The lowest BCUT2D eigenvalue weighted by Gasteiger charge is -2.19. The summed E-state index contributed by atoms with van der Waals surface area (Å²) >= 11 is 0. The summed E-state index contributed by atoms with van der Waals surface area (Å²) in [4.78, 5) is 31.9. The van der Waals surface area contributed by atoms with Gasteiger partial charge in [-0.05, 0) is 65.1 Å². The average Bonchev–Trinajstić information content (AvgIpc) is 3.32. The molecule has 0 amide bonds. The van der Waals surface area contributed by atoms with Crippen molar-refractivity contribution in [2.45, 2.75) is 111 Å². The van der Waals surface area contributed by atoms with Crippen molar-refractivity contribution in [3.63, 3.8) is 0 Å². The highest BCUT2D eigenvalue weighted by Crippen LogP contribution is 2.35. The maximum Gasteiger partial charge on any atom is 0.168 e. The van der Waals surface area contributed by atoms with Gasteiger partial charge >= 0.3 is 0 Å². The van der Waals surface area contributed by atoms with Gasteiger partial charge < -0.3 is 4.42 Å². The lowest BCUT2D eigenvalue weighted by molar-refractivity contribution is 0.0966. The lowest BCUT2D eigenvalue weighted by Crippen LogP contribution is -2.12. The van der Waals surface area contributed by atoms with Crippen LogP contribution in [0.5, 0.6) is 0 Å². The Morgan fingerprint density at radius 3 is 1.95 bits per heavy atom. The molecule has 0 saturated carbocycles. The fraction of sp³-hybridized carbons (Fsp3) is 0.436. The first-order chi connectivity index (χ1) is 20.5. The summed E-state index contributed by atoms with van der Waals surface area (Å²) in [5.74, 6) is 2.25. The first kappa shape index (κ1) is 34.6. The minimum Gasteiger partial charge on any atom is -0.464 e. The van der Waals surface area contributed by atoms with E-state index in [0.717, 1.165) is 41.1 Å². The molecule has 234 valence electrons. The second-order valence-electron chi connectivity index (χ2n) is 14.7. The zero-order valence-electron chi connectivity index (χ0n) is 28.4. The van der Waals surface area contributed by atoms with Crippen molar-refractivity contribution < 1.29 is 14.0 Å². The molecule has 0 radical (unpaired) electrons. The van der Waals surface area contributed by atoms with Crippen molar-refractivity contribution in [1.82, 2.24) is 9.97 Å². The Morgan fingerprint density at radius 1 is 0.773 bits per heavy atom. The number of hydrogen-bond donors (Lipinski definition) is 0. The van der Waals surface area contributed by atoms with Gasteiger partial charge in [0.2, 0.25) is 0 Å². The Labute approximate surface area is 264 Å². The molecule has 3 aromatic heterocycles. The van der Waals surface area contributed by atoms with Crippen LogP contribution < -0.4 is 0 Å². The number of ketones is 2. The fourth-order valence-electron chi connectivity index (χ4n) is 5.18.